The first kappa shape index (κ1) is 13.8. The Hall–Kier alpha value is -1.22. The van der Waals surface area contributed by atoms with Gasteiger partial charge in [-0.05, 0) is 38.5 Å². The van der Waals surface area contributed by atoms with Crippen molar-refractivity contribution in [2.75, 3.05) is 12.3 Å². The van der Waals surface area contributed by atoms with E-state index < -0.39 is 0 Å². The van der Waals surface area contributed by atoms with E-state index in [0.29, 0.717) is 16.3 Å². The van der Waals surface area contributed by atoms with E-state index in [1.807, 2.05) is 25.7 Å². The van der Waals surface area contributed by atoms with Crippen LogP contribution in [0.2, 0.25) is 5.02 Å². The molecular weight excluding hydrogens is 236 g/mol. The van der Waals surface area contributed by atoms with Crippen LogP contribution in [-0.4, -0.2) is 23.4 Å². The summed E-state index contributed by atoms with van der Waals surface area (Å²) in [4.78, 5) is 14.1. The van der Waals surface area contributed by atoms with Gasteiger partial charge in [-0.3, -0.25) is 4.79 Å². The van der Waals surface area contributed by atoms with E-state index in [1.54, 1.807) is 18.2 Å². The molecule has 2 N–H and O–H groups in total. The second-order valence-electron chi connectivity index (χ2n) is 4.32. The number of nitrogens with two attached hydrogens (primary N) is 1. The van der Waals surface area contributed by atoms with Gasteiger partial charge in [0.2, 0.25) is 0 Å². The lowest BCUT2D eigenvalue weighted by Gasteiger charge is -2.27. The van der Waals surface area contributed by atoms with Crippen molar-refractivity contribution >= 4 is 23.2 Å². The highest BCUT2D eigenvalue weighted by Gasteiger charge is 2.20. The largest absolute Gasteiger partial charge is 0.398 e. The maximum atomic E-state index is 12.3. The fourth-order valence-electron chi connectivity index (χ4n) is 1.70. The number of amides is 1. The lowest BCUT2D eigenvalue weighted by atomic mass is 10.1. The van der Waals surface area contributed by atoms with Crippen LogP contribution in [-0.2, 0) is 0 Å². The second-order valence-corrected chi connectivity index (χ2v) is 4.76. The van der Waals surface area contributed by atoms with Gasteiger partial charge in [-0.15, -0.1) is 0 Å². The summed E-state index contributed by atoms with van der Waals surface area (Å²) in [7, 11) is 0. The topological polar surface area (TPSA) is 46.3 Å². The Morgan fingerprint density at radius 2 is 2.12 bits per heavy atom. The fraction of sp³-hybridized carbons (Fsp3) is 0.462. The van der Waals surface area contributed by atoms with Crippen LogP contribution in [0.4, 0.5) is 5.69 Å². The molecule has 0 aromatic heterocycles. The van der Waals surface area contributed by atoms with Gasteiger partial charge in [-0.1, -0.05) is 18.5 Å². The zero-order valence-electron chi connectivity index (χ0n) is 10.5. The first-order valence-corrected chi connectivity index (χ1v) is 6.21. The summed E-state index contributed by atoms with van der Waals surface area (Å²) in [5.41, 5.74) is 6.78. The molecule has 3 nitrogen and oxygen atoms in total. The fourth-order valence-corrected chi connectivity index (χ4v) is 1.88. The number of hydrogen-bond donors (Lipinski definition) is 1. The van der Waals surface area contributed by atoms with Crippen LogP contribution < -0.4 is 5.73 Å². The summed E-state index contributed by atoms with van der Waals surface area (Å²) in [6.07, 6.45) is 0.921. The third-order valence-electron chi connectivity index (χ3n) is 2.59. The molecule has 1 aromatic rings. The highest BCUT2D eigenvalue weighted by molar-refractivity contribution is 6.31. The van der Waals surface area contributed by atoms with Crippen molar-refractivity contribution in [3.63, 3.8) is 0 Å². The van der Waals surface area contributed by atoms with Crippen molar-refractivity contribution in [3.8, 4) is 0 Å². The molecule has 0 fully saturated rings. The molecule has 0 spiro atoms. The van der Waals surface area contributed by atoms with Gasteiger partial charge in [0.05, 0.1) is 5.56 Å². The molecule has 0 atom stereocenters. The number of nitrogens with zero attached hydrogens (tertiary/aromatic N) is 1. The van der Waals surface area contributed by atoms with E-state index in [1.165, 1.54) is 0 Å². The number of nitrogen functional groups attached to an aromatic ring is 1. The van der Waals surface area contributed by atoms with E-state index in [2.05, 4.69) is 0 Å². The van der Waals surface area contributed by atoms with Gasteiger partial charge >= 0.3 is 0 Å². The molecule has 0 saturated carbocycles. The van der Waals surface area contributed by atoms with Crippen LogP contribution in [0.3, 0.4) is 0 Å². The molecular formula is C13H19ClN2O. The molecule has 1 aromatic carbocycles. The van der Waals surface area contributed by atoms with Crippen LogP contribution in [0.1, 0.15) is 37.6 Å². The Labute approximate surface area is 108 Å². The van der Waals surface area contributed by atoms with Gasteiger partial charge in [0.25, 0.3) is 5.91 Å². The van der Waals surface area contributed by atoms with Gasteiger partial charge < -0.3 is 10.6 Å². The minimum absolute atomic E-state index is 0.0538. The number of hydrogen-bond acceptors (Lipinski definition) is 2. The molecule has 0 aliphatic rings. The summed E-state index contributed by atoms with van der Waals surface area (Å²) in [6, 6.07) is 5.14. The molecule has 94 valence electrons. The monoisotopic (exact) mass is 254 g/mol. The van der Waals surface area contributed by atoms with Crippen molar-refractivity contribution in [1.29, 1.82) is 0 Å². The predicted molar refractivity (Wildman–Crippen MR) is 72.3 cm³/mol. The highest BCUT2D eigenvalue weighted by Crippen LogP contribution is 2.20. The Morgan fingerprint density at radius 1 is 1.47 bits per heavy atom. The lowest BCUT2D eigenvalue weighted by molar-refractivity contribution is 0.0707. The van der Waals surface area contributed by atoms with Gasteiger partial charge in [0.1, 0.15) is 0 Å². The average Bonchev–Trinajstić information content (AvgIpc) is 2.28. The van der Waals surface area contributed by atoms with Crippen molar-refractivity contribution in [2.24, 2.45) is 0 Å². The van der Waals surface area contributed by atoms with Crippen LogP contribution in [0.15, 0.2) is 18.2 Å². The van der Waals surface area contributed by atoms with Gasteiger partial charge in [-0.25, -0.2) is 0 Å². The van der Waals surface area contributed by atoms with Gasteiger partial charge in [0.15, 0.2) is 0 Å². The van der Waals surface area contributed by atoms with Crippen LogP contribution in [0, 0.1) is 0 Å². The first-order chi connectivity index (χ1) is 7.97. The van der Waals surface area contributed by atoms with E-state index >= 15 is 0 Å². The number of anilines is 1. The number of benzene rings is 1. The molecule has 0 unspecified atom stereocenters. The van der Waals surface area contributed by atoms with Crippen LogP contribution >= 0.6 is 11.6 Å². The van der Waals surface area contributed by atoms with Crippen molar-refractivity contribution in [1.82, 2.24) is 4.90 Å². The summed E-state index contributed by atoms with van der Waals surface area (Å²) < 4.78 is 0. The average molecular weight is 255 g/mol. The highest BCUT2D eigenvalue weighted by atomic mass is 35.5. The molecule has 0 bridgehead atoms. The number of halogens is 1. The quantitative estimate of drug-likeness (QED) is 0.839. The normalized spacial score (nSPS) is 10.6. The first-order valence-electron chi connectivity index (χ1n) is 5.83. The Morgan fingerprint density at radius 3 is 2.65 bits per heavy atom. The summed E-state index contributed by atoms with van der Waals surface area (Å²) in [6.45, 7) is 6.76. The Bertz CT molecular complexity index is 404. The number of carbonyl (C=O) groups excluding carboxylic acids is 1. The SMILES string of the molecule is CCCN(C(=O)c1cc(Cl)ccc1N)C(C)C. The minimum atomic E-state index is -0.0538. The third-order valence-corrected chi connectivity index (χ3v) is 2.83. The molecule has 0 saturated heterocycles. The zero-order chi connectivity index (χ0) is 13.0. The summed E-state index contributed by atoms with van der Waals surface area (Å²) in [5.74, 6) is -0.0538. The van der Waals surface area contributed by atoms with E-state index in [-0.39, 0.29) is 11.9 Å². The van der Waals surface area contributed by atoms with Crippen molar-refractivity contribution in [3.05, 3.63) is 28.8 Å². The minimum Gasteiger partial charge on any atom is -0.398 e. The number of carbonyl (C=O) groups is 1. The van der Waals surface area contributed by atoms with Crippen LogP contribution in [0.5, 0.6) is 0 Å². The zero-order valence-corrected chi connectivity index (χ0v) is 11.3. The van der Waals surface area contributed by atoms with E-state index in [9.17, 15) is 4.79 Å². The lowest BCUT2D eigenvalue weighted by Crippen LogP contribution is -2.37. The smallest absolute Gasteiger partial charge is 0.256 e. The summed E-state index contributed by atoms with van der Waals surface area (Å²) >= 11 is 5.90. The maximum absolute atomic E-state index is 12.3. The van der Waals surface area contributed by atoms with Crippen molar-refractivity contribution in [2.45, 2.75) is 33.2 Å². The van der Waals surface area contributed by atoms with Crippen LogP contribution in [0.25, 0.3) is 0 Å². The number of rotatable bonds is 4. The molecule has 17 heavy (non-hydrogen) atoms. The van der Waals surface area contributed by atoms with Gasteiger partial charge in [0, 0.05) is 23.3 Å². The Balaban J connectivity index is 3.04. The maximum Gasteiger partial charge on any atom is 0.256 e. The molecule has 1 rings (SSSR count). The summed E-state index contributed by atoms with van der Waals surface area (Å²) in [5, 5.41) is 0.530. The Kier molecular flexibility index (Phi) is 4.82. The molecule has 0 aliphatic heterocycles. The van der Waals surface area contributed by atoms with Gasteiger partial charge in [-0.2, -0.15) is 0 Å². The standard InChI is InChI=1S/C13H19ClN2O/c1-4-7-16(9(2)3)13(17)11-8-10(14)5-6-12(11)15/h5-6,8-9H,4,7,15H2,1-3H3. The molecule has 4 heteroatoms. The molecule has 0 radical (unpaired) electrons. The van der Waals surface area contributed by atoms with E-state index in [0.717, 1.165) is 13.0 Å². The van der Waals surface area contributed by atoms with Crippen molar-refractivity contribution < 1.29 is 4.79 Å². The molecule has 0 heterocycles. The predicted octanol–water partition coefficient (Wildman–Crippen LogP) is 3.18. The molecule has 1 amide bonds. The van der Waals surface area contributed by atoms with E-state index in [4.69, 9.17) is 17.3 Å². The third kappa shape index (κ3) is 3.37. The second kappa shape index (κ2) is 5.92. The molecule has 0 aliphatic carbocycles.